The van der Waals surface area contributed by atoms with Crippen LogP contribution >= 0.6 is 0 Å². The lowest BCUT2D eigenvalue weighted by Crippen LogP contribution is -2.47. The number of aliphatic carboxylic acids is 1. The Balaban J connectivity index is 2.00. The van der Waals surface area contributed by atoms with Crippen molar-refractivity contribution >= 4 is 23.5 Å². The minimum Gasteiger partial charge on any atom is -0.478 e. The molecule has 1 aliphatic heterocycles. The van der Waals surface area contributed by atoms with E-state index in [1.807, 2.05) is 0 Å². The first-order valence-electron chi connectivity index (χ1n) is 6.04. The van der Waals surface area contributed by atoms with E-state index < -0.39 is 18.0 Å². The highest BCUT2D eigenvalue weighted by Crippen LogP contribution is 2.33. The third-order valence-corrected chi connectivity index (χ3v) is 3.00. The van der Waals surface area contributed by atoms with Crippen molar-refractivity contribution in [2.24, 2.45) is 0 Å². The van der Waals surface area contributed by atoms with Crippen molar-refractivity contribution < 1.29 is 19.4 Å². The Hall–Kier alpha value is -3.10. The fourth-order valence-electron chi connectivity index (χ4n) is 2.05. The molecule has 0 spiro atoms. The number of nitrogens with zero attached hydrogens (tertiary/aromatic N) is 3. The number of carboxylic acid groups (broad SMARTS) is 1. The average Bonchev–Trinajstić information content (AvgIpc) is 2.92. The lowest BCUT2D eigenvalue weighted by molar-refractivity contribution is -0.144. The minimum absolute atomic E-state index is 0.0605. The van der Waals surface area contributed by atoms with Gasteiger partial charge in [-0.3, -0.25) is 14.8 Å². The summed E-state index contributed by atoms with van der Waals surface area (Å²) in [4.78, 5) is 28.6. The molecule has 1 amide bonds. The molecule has 108 valence electrons. The molecule has 9 heteroatoms. The van der Waals surface area contributed by atoms with E-state index in [-0.39, 0.29) is 18.3 Å². The highest BCUT2D eigenvalue weighted by molar-refractivity contribution is 6.05. The highest BCUT2D eigenvalue weighted by atomic mass is 16.5. The Kier molecular flexibility index (Phi) is 2.94. The number of amides is 1. The van der Waals surface area contributed by atoms with Crippen LogP contribution in [0.2, 0.25) is 0 Å². The Bertz CT molecular complexity index is 713. The Labute approximate surface area is 118 Å². The molecule has 3 rings (SSSR count). The number of carboxylic acids is 1. The molecule has 1 aromatic carbocycles. The van der Waals surface area contributed by atoms with E-state index in [4.69, 9.17) is 15.6 Å². The molecule has 2 heterocycles. The molecule has 0 aliphatic carbocycles. The van der Waals surface area contributed by atoms with Crippen LogP contribution in [0, 0.1) is 0 Å². The summed E-state index contributed by atoms with van der Waals surface area (Å²) in [6, 6.07) is 6.67. The second kappa shape index (κ2) is 4.78. The van der Waals surface area contributed by atoms with Gasteiger partial charge in [0, 0.05) is 0 Å². The number of nitrogen functional groups attached to an aromatic ring is 1. The summed E-state index contributed by atoms with van der Waals surface area (Å²) < 4.78 is 5.35. The Morgan fingerprint density at radius 2 is 2.19 bits per heavy atom. The van der Waals surface area contributed by atoms with Crippen LogP contribution in [0.3, 0.4) is 0 Å². The van der Waals surface area contributed by atoms with Crippen molar-refractivity contribution in [1.82, 2.24) is 15.2 Å². The summed E-state index contributed by atoms with van der Waals surface area (Å²) in [7, 11) is 0. The molecule has 2 aromatic rings. The molecule has 1 aromatic heterocycles. The molecule has 0 fully saturated rings. The minimum atomic E-state index is -1.15. The summed E-state index contributed by atoms with van der Waals surface area (Å²) in [6.07, 6.45) is -1.15. The van der Waals surface area contributed by atoms with Gasteiger partial charge < -0.3 is 15.6 Å². The van der Waals surface area contributed by atoms with E-state index in [0.29, 0.717) is 11.4 Å². The molecule has 0 bridgehead atoms. The maximum Gasteiger partial charge on any atom is 0.346 e. The lowest BCUT2D eigenvalue weighted by Gasteiger charge is -2.32. The molecule has 21 heavy (non-hydrogen) atoms. The topological polar surface area (TPSA) is 134 Å². The van der Waals surface area contributed by atoms with Gasteiger partial charge in [0.15, 0.2) is 0 Å². The van der Waals surface area contributed by atoms with E-state index in [1.165, 1.54) is 4.90 Å². The van der Waals surface area contributed by atoms with Gasteiger partial charge in [-0.05, 0) is 12.1 Å². The van der Waals surface area contributed by atoms with Crippen molar-refractivity contribution in [1.29, 1.82) is 0 Å². The predicted octanol–water partition coefficient (Wildman–Crippen LogP) is -0.121. The van der Waals surface area contributed by atoms with Crippen molar-refractivity contribution in [3.8, 4) is 5.75 Å². The van der Waals surface area contributed by atoms with E-state index in [9.17, 15) is 9.59 Å². The molecule has 0 saturated heterocycles. The summed E-state index contributed by atoms with van der Waals surface area (Å²) in [6.45, 7) is -0.133. The fourth-order valence-corrected chi connectivity index (χ4v) is 2.05. The van der Waals surface area contributed by atoms with Gasteiger partial charge in [0.2, 0.25) is 17.9 Å². The smallest absolute Gasteiger partial charge is 0.346 e. The van der Waals surface area contributed by atoms with Gasteiger partial charge in [-0.15, -0.1) is 5.10 Å². The number of carbonyl (C=O) groups excluding carboxylic acids is 1. The third kappa shape index (κ3) is 2.24. The number of benzene rings is 1. The summed E-state index contributed by atoms with van der Waals surface area (Å²) in [5.74, 6) is -1.49. The molecule has 0 saturated carbocycles. The van der Waals surface area contributed by atoms with E-state index in [1.54, 1.807) is 24.3 Å². The first-order valence-corrected chi connectivity index (χ1v) is 6.04. The largest absolute Gasteiger partial charge is 0.478 e. The van der Waals surface area contributed by atoms with Crippen LogP contribution in [0.1, 0.15) is 10.6 Å². The van der Waals surface area contributed by atoms with Gasteiger partial charge in [0.1, 0.15) is 5.75 Å². The molecule has 1 unspecified atom stereocenters. The molecular formula is C12H11N5O4. The first-order chi connectivity index (χ1) is 10.1. The number of hydrogen-bond donors (Lipinski definition) is 3. The highest BCUT2D eigenvalue weighted by Gasteiger charge is 2.35. The van der Waals surface area contributed by atoms with Crippen molar-refractivity contribution in [2.45, 2.75) is 6.10 Å². The number of aromatic amines is 1. The standard InChI is InChI=1S/C12H11N5O4/c13-12-14-9(15-16-12)10(18)17-5-8(11(19)20)21-7-4-2-1-3-6(7)17/h1-4,8H,5H2,(H,19,20)(H3,13,14,15,16). The number of anilines is 2. The number of aromatic nitrogens is 3. The van der Waals surface area contributed by atoms with Gasteiger partial charge in [0.05, 0.1) is 12.2 Å². The Morgan fingerprint density at radius 1 is 1.43 bits per heavy atom. The quantitative estimate of drug-likeness (QED) is 0.701. The van der Waals surface area contributed by atoms with Gasteiger partial charge in [-0.2, -0.15) is 4.98 Å². The van der Waals surface area contributed by atoms with Gasteiger partial charge >= 0.3 is 5.97 Å². The third-order valence-electron chi connectivity index (χ3n) is 3.00. The van der Waals surface area contributed by atoms with Crippen molar-refractivity contribution in [3.05, 3.63) is 30.1 Å². The van der Waals surface area contributed by atoms with Gasteiger partial charge in [-0.25, -0.2) is 4.79 Å². The summed E-state index contributed by atoms with van der Waals surface area (Å²) in [5, 5.41) is 15.1. The number of fused-ring (bicyclic) bond motifs is 1. The SMILES string of the molecule is Nc1n[nH]c(C(=O)N2CC(C(=O)O)Oc3ccccc32)n1. The lowest BCUT2D eigenvalue weighted by atomic mass is 10.2. The molecule has 0 radical (unpaired) electrons. The van der Waals surface area contributed by atoms with Crippen LogP contribution in [-0.4, -0.2) is 44.8 Å². The number of nitrogens with two attached hydrogens (primary N) is 1. The van der Waals surface area contributed by atoms with Gasteiger partial charge in [0.25, 0.3) is 5.91 Å². The van der Waals surface area contributed by atoms with Gasteiger partial charge in [-0.1, -0.05) is 12.1 Å². The number of ether oxygens (including phenoxy) is 1. The fraction of sp³-hybridized carbons (Fsp3) is 0.167. The summed E-state index contributed by atoms with van der Waals surface area (Å²) in [5.41, 5.74) is 5.84. The molecule has 1 aliphatic rings. The second-order valence-corrected chi connectivity index (χ2v) is 4.37. The average molecular weight is 289 g/mol. The summed E-state index contributed by atoms with van der Waals surface area (Å²) >= 11 is 0. The normalized spacial score (nSPS) is 17.0. The van der Waals surface area contributed by atoms with E-state index in [0.717, 1.165) is 0 Å². The van der Waals surface area contributed by atoms with E-state index >= 15 is 0 Å². The predicted molar refractivity (Wildman–Crippen MR) is 71.0 cm³/mol. The van der Waals surface area contributed by atoms with Crippen LogP contribution < -0.4 is 15.4 Å². The van der Waals surface area contributed by atoms with Crippen molar-refractivity contribution in [3.63, 3.8) is 0 Å². The maximum atomic E-state index is 12.4. The molecule has 4 N–H and O–H groups in total. The first kappa shape index (κ1) is 12.9. The van der Waals surface area contributed by atoms with Crippen molar-refractivity contribution in [2.75, 3.05) is 17.2 Å². The zero-order chi connectivity index (χ0) is 15.0. The number of rotatable bonds is 2. The van der Waals surface area contributed by atoms with Crippen LogP contribution in [-0.2, 0) is 4.79 Å². The zero-order valence-electron chi connectivity index (χ0n) is 10.7. The van der Waals surface area contributed by atoms with Crippen LogP contribution in [0.25, 0.3) is 0 Å². The van der Waals surface area contributed by atoms with E-state index in [2.05, 4.69) is 15.2 Å². The molecule has 9 nitrogen and oxygen atoms in total. The second-order valence-electron chi connectivity index (χ2n) is 4.37. The number of H-pyrrole nitrogens is 1. The monoisotopic (exact) mass is 289 g/mol. The Morgan fingerprint density at radius 3 is 2.86 bits per heavy atom. The number of para-hydroxylation sites is 2. The number of carbonyl (C=O) groups is 2. The van der Waals surface area contributed by atoms with Crippen LogP contribution in [0.4, 0.5) is 11.6 Å². The van der Waals surface area contributed by atoms with Crippen LogP contribution in [0.5, 0.6) is 5.75 Å². The number of nitrogens with one attached hydrogen (secondary N) is 1. The zero-order valence-corrected chi connectivity index (χ0v) is 10.7. The number of hydrogen-bond acceptors (Lipinski definition) is 6. The van der Waals surface area contributed by atoms with Crippen LogP contribution in [0.15, 0.2) is 24.3 Å². The molecule has 1 atom stereocenters. The maximum absolute atomic E-state index is 12.4. The molecular weight excluding hydrogens is 278 g/mol.